The number of rotatable bonds is 3. The Kier molecular flexibility index (Phi) is 3.23. The number of carbonyl (C=O) groups excluding carboxylic acids is 2. The summed E-state index contributed by atoms with van der Waals surface area (Å²) in [6.07, 6.45) is -0.151. The highest BCUT2D eigenvalue weighted by Crippen LogP contribution is 2.05. The Balaban J connectivity index is 2.78. The molecular formula is C10H9O4-. The molecule has 0 spiro atoms. The predicted molar refractivity (Wildman–Crippen MR) is 46.5 cm³/mol. The van der Waals surface area contributed by atoms with E-state index in [9.17, 15) is 14.7 Å². The molecule has 0 heterocycles. The molecule has 0 bridgehead atoms. The molecule has 0 unspecified atom stereocenters. The zero-order valence-electron chi connectivity index (χ0n) is 7.65. The lowest BCUT2D eigenvalue weighted by atomic mass is 10.1. The summed E-state index contributed by atoms with van der Waals surface area (Å²) in [5.41, 5.74) is 0.993. The van der Waals surface area contributed by atoms with Crippen LogP contribution in [0.2, 0.25) is 0 Å². The lowest BCUT2D eigenvalue weighted by molar-refractivity contribution is -0.304. The maximum absolute atomic E-state index is 11.0. The average Bonchev–Trinajstić information content (AvgIpc) is 2.17. The topological polar surface area (TPSA) is 66.4 Å². The lowest BCUT2D eigenvalue weighted by Crippen LogP contribution is -2.24. The van der Waals surface area contributed by atoms with Gasteiger partial charge in [0, 0.05) is 12.4 Å². The van der Waals surface area contributed by atoms with E-state index < -0.39 is 11.9 Å². The van der Waals surface area contributed by atoms with E-state index in [2.05, 4.69) is 4.74 Å². The monoisotopic (exact) mass is 193 g/mol. The number of carbonyl (C=O) groups is 2. The predicted octanol–water partition coefficient (Wildman–Crippen LogP) is -0.234. The van der Waals surface area contributed by atoms with Crippen LogP contribution in [0.25, 0.3) is 0 Å². The largest absolute Gasteiger partial charge is 0.550 e. The molecule has 0 fully saturated rings. The Hall–Kier alpha value is -1.84. The minimum absolute atomic E-state index is 0.151. The number of carboxylic acid groups (broad SMARTS) is 1. The third-order valence-electron chi connectivity index (χ3n) is 1.72. The normalized spacial score (nSPS) is 9.50. The number of methoxy groups -OCH3 is 1. The summed E-state index contributed by atoms with van der Waals surface area (Å²) in [4.78, 5) is 21.2. The highest BCUT2D eigenvalue weighted by Gasteiger charge is 2.03. The van der Waals surface area contributed by atoms with Crippen LogP contribution < -0.4 is 5.11 Å². The highest BCUT2D eigenvalue weighted by molar-refractivity contribution is 5.89. The summed E-state index contributed by atoms with van der Waals surface area (Å²) in [7, 11) is 1.29. The van der Waals surface area contributed by atoms with Crippen LogP contribution in [0.4, 0.5) is 0 Å². The summed E-state index contributed by atoms with van der Waals surface area (Å²) < 4.78 is 4.49. The first kappa shape index (κ1) is 10.2. The number of ether oxygens (including phenoxy) is 1. The van der Waals surface area contributed by atoms with E-state index in [0.29, 0.717) is 11.1 Å². The standard InChI is InChI=1S/C10H10O4/c1-14-10(13)8-4-2-7(3-5-8)6-9(11)12/h2-5H,6H2,1H3,(H,11,12)/p-1. The summed E-state index contributed by atoms with van der Waals surface area (Å²) in [6, 6.07) is 6.15. The molecule has 0 radical (unpaired) electrons. The van der Waals surface area contributed by atoms with Crippen LogP contribution in [-0.4, -0.2) is 19.0 Å². The van der Waals surface area contributed by atoms with Gasteiger partial charge in [0.05, 0.1) is 12.7 Å². The van der Waals surface area contributed by atoms with E-state index in [1.54, 1.807) is 12.1 Å². The SMILES string of the molecule is COC(=O)c1ccc(CC(=O)[O-])cc1. The molecule has 0 aliphatic rings. The molecule has 0 aliphatic carbocycles. The second kappa shape index (κ2) is 4.41. The van der Waals surface area contributed by atoms with Crippen molar-refractivity contribution in [2.75, 3.05) is 7.11 Å². The summed E-state index contributed by atoms with van der Waals surface area (Å²) >= 11 is 0. The van der Waals surface area contributed by atoms with Gasteiger partial charge in [-0.3, -0.25) is 0 Å². The number of benzene rings is 1. The highest BCUT2D eigenvalue weighted by atomic mass is 16.5. The van der Waals surface area contributed by atoms with Crippen molar-refractivity contribution in [3.8, 4) is 0 Å². The molecule has 4 heteroatoms. The zero-order valence-corrected chi connectivity index (χ0v) is 7.65. The van der Waals surface area contributed by atoms with Crippen molar-refractivity contribution in [2.45, 2.75) is 6.42 Å². The number of esters is 1. The quantitative estimate of drug-likeness (QED) is 0.621. The van der Waals surface area contributed by atoms with Crippen molar-refractivity contribution in [1.29, 1.82) is 0 Å². The fourth-order valence-corrected chi connectivity index (χ4v) is 1.04. The summed E-state index contributed by atoms with van der Waals surface area (Å²) in [5.74, 6) is -1.58. The number of hydrogen-bond donors (Lipinski definition) is 0. The van der Waals surface area contributed by atoms with Crippen molar-refractivity contribution >= 4 is 11.9 Å². The van der Waals surface area contributed by atoms with Crippen LogP contribution in [0.1, 0.15) is 15.9 Å². The minimum Gasteiger partial charge on any atom is -0.550 e. The summed E-state index contributed by atoms with van der Waals surface area (Å²) in [5, 5.41) is 10.2. The lowest BCUT2D eigenvalue weighted by Gasteiger charge is -2.03. The van der Waals surface area contributed by atoms with Gasteiger partial charge in [0.2, 0.25) is 0 Å². The Bertz CT molecular complexity index is 340. The number of carboxylic acids is 1. The second-order valence-electron chi connectivity index (χ2n) is 2.74. The second-order valence-corrected chi connectivity index (χ2v) is 2.74. The maximum atomic E-state index is 11.0. The molecule has 0 saturated heterocycles. The van der Waals surface area contributed by atoms with Crippen molar-refractivity contribution in [2.24, 2.45) is 0 Å². The van der Waals surface area contributed by atoms with E-state index in [-0.39, 0.29) is 6.42 Å². The first-order valence-corrected chi connectivity index (χ1v) is 4.00. The van der Waals surface area contributed by atoms with E-state index >= 15 is 0 Å². The van der Waals surface area contributed by atoms with Crippen LogP contribution >= 0.6 is 0 Å². The molecule has 1 aromatic carbocycles. The van der Waals surface area contributed by atoms with Gasteiger partial charge in [-0.2, -0.15) is 0 Å². The minimum atomic E-state index is -1.14. The molecule has 1 rings (SSSR count). The van der Waals surface area contributed by atoms with Gasteiger partial charge >= 0.3 is 5.97 Å². The van der Waals surface area contributed by atoms with Crippen molar-refractivity contribution in [1.82, 2.24) is 0 Å². The maximum Gasteiger partial charge on any atom is 0.337 e. The molecule has 0 aromatic heterocycles. The fraction of sp³-hybridized carbons (Fsp3) is 0.200. The molecule has 4 nitrogen and oxygen atoms in total. The Morgan fingerprint density at radius 1 is 1.29 bits per heavy atom. The van der Waals surface area contributed by atoms with Crippen LogP contribution in [0.3, 0.4) is 0 Å². The van der Waals surface area contributed by atoms with E-state index in [0.717, 1.165) is 0 Å². The first-order chi connectivity index (χ1) is 6.63. The van der Waals surface area contributed by atoms with Gasteiger partial charge in [-0.25, -0.2) is 4.79 Å². The van der Waals surface area contributed by atoms with Crippen molar-refractivity contribution in [3.63, 3.8) is 0 Å². The molecule has 14 heavy (non-hydrogen) atoms. The van der Waals surface area contributed by atoms with Gasteiger partial charge < -0.3 is 14.6 Å². The fourth-order valence-electron chi connectivity index (χ4n) is 1.04. The van der Waals surface area contributed by atoms with Crippen LogP contribution in [-0.2, 0) is 16.0 Å². The molecule has 0 N–H and O–H groups in total. The third-order valence-corrected chi connectivity index (χ3v) is 1.72. The first-order valence-electron chi connectivity index (χ1n) is 4.00. The average molecular weight is 193 g/mol. The number of hydrogen-bond acceptors (Lipinski definition) is 4. The van der Waals surface area contributed by atoms with Crippen LogP contribution in [0.5, 0.6) is 0 Å². The van der Waals surface area contributed by atoms with Crippen molar-refractivity contribution < 1.29 is 19.4 Å². The summed E-state index contributed by atoms with van der Waals surface area (Å²) in [6.45, 7) is 0. The van der Waals surface area contributed by atoms with Gasteiger partial charge in [-0.05, 0) is 17.7 Å². The zero-order chi connectivity index (χ0) is 10.6. The van der Waals surface area contributed by atoms with Crippen LogP contribution in [0.15, 0.2) is 24.3 Å². The Labute approximate surface area is 81.1 Å². The van der Waals surface area contributed by atoms with E-state index in [1.165, 1.54) is 19.2 Å². The number of aliphatic carboxylic acids is 1. The smallest absolute Gasteiger partial charge is 0.337 e. The van der Waals surface area contributed by atoms with Gasteiger partial charge in [-0.15, -0.1) is 0 Å². The van der Waals surface area contributed by atoms with Crippen LogP contribution in [0, 0.1) is 0 Å². The molecule has 0 saturated carbocycles. The van der Waals surface area contributed by atoms with Crippen molar-refractivity contribution in [3.05, 3.63) is 35.4 Å². The van der Waals surface area contributed by atoms with E-state index in [1.807, 2.05) is 0 Å². The molecule has 0 amide bonds. The van der Waals surface area contributed by atoms with Gasteiger partial charge in [0.25, 0.3) is 0 Å². The Morgan fingerprint density at radius 2 is 1.86 bits per heavy atom. The Morgan fingerprint density at radius 3 is 2.29 bits per heavy atom. The molecule has 1 aromatic rings. The van der Waals surface area contributed by atoms with E-state index in [4.69, 9.17) is 0 Å². The third kappa shape index (κ3) is 2.58. The molecule has 74 valence electrons. The molecule has 0 aliphatic heterocycles. The van der Waals surface area contributed by atoms with Gasteiger partial charge in [-0.1, -0.05) is 12.1 Å². The molecular weight excluding hydrogens is 184 g/mol. The van der Waals surface area contributed by atoms with Gasteiger partial charge in [0.15, 0.2) is 0 Å². The molecule has 0 atom stereocenters. The van der Waals surface area contributed by atoms with Gasteiger partial charge in [0.1, 0.15) is 0 Å².